The SMILES string of the molecule is CC(C#N)c1nc(-c2ccc(F)cc2)cs1. The van der Waals surface area contributed by atoms with Crippen LogP contribution in [0.1, 0.15) is 17.8 Å². The molecule has 0 saturated heterocycles. The van der Waals surface area contributed by atoms with Crippen molar-refractivity contribution in [3.05, 3.63) is 40.5 Å². The van der Waals surface area contributed by atoms with Gasteiger partial charge in [-0.05, 0) is 31.2 Å². The van der Waals surface area contributed by atoms with Crippen molar-refractivity contribution in [2.75, 3.05) is 0 Å². The van der Waals surface area contributed by atoms with Crippen LogP contribution in [-0.4, -0.2) is 4.98 Å². The number of nitriles is 1. The van der Waals surface area contributed by atoms with Gasteiger partial charge in [-0.3, -0.25) is 0 Å². The molecule has 16 heavy (non-hydrogen) atoms. The van der Waals surface area contributed by atoms with Crippen molar-refractivity contribution in [2.24, 2.45) is 0 Å². The molecule has 1 aromatic carbocycles. The zero-order valence-electron chi connectivity index (χ0n) is 8.64. The van der Waals surface area contributed by atoms with Gasteiger partial charge >= 0.3 is 0 Å². The van der Waals surface area contributed by atoms with Crippen LogP contribution >= 0.6 is 11.3 Å². The van der Waals surface area contributed by atoms with Crippen LogP contribution in [0.3, 0.4) is 0 Å². The highest BCUT2D eigenvalue weighted by molar-refractivity contribution is 7.10. The van der Waals surface area contributed by atoms with Crippen molar-refractivity contribution in [3.63, 3.8) is 0 Å². The molecule has 0 aliphatic carbocycles. The van der Waals surface area contributed by atoms with Gasteiger partial charge in [0, 0.05) is 10.9 Å². The first-order chi connectivity index (χ1) is 7.70. The van der Waals surface area contributed by atoms with Gasteiger partial charge in [0.2, 0.25) is 0 Å². The Labute approximate surface area is 97.0 Å². The molecule has 1 unspecified atom stereocenters. The Morgan fingerprint density at radius 3 is 2.69 bits per heavy atom. The lowest BCUT2D eigenvalue weighted by molar-refractivity contribution is 0.628. The third-order valence-corrected chi connectivity index (χ3v) is 3.25. The molecule has 2 nitrogen and oxygen atoms in total. The van der Waals surface area contributed by atoms with Crippen LogP contribution in [0.15, 0.2) is 29.6 Å². The molecule has 0 aliphatic heterocycles. The number of aromatic nitrogens is 1. The second-order valence-electron chi connectivity index (χ2n) is 3.43. The average Bonchev–Trinajstić information content (AvgIpc) is 2.78. The first-order valence-electron chi connectivity index (χ1n) is 4.81. The molecule has 2 rings (SSSR count). The minimum atomic E-state index is -0.260. The largest absolute Gasteiger partial charge is 0.240 e. The predicted molar refractivity (Wildman–Crippen MR) is 61.5 cm³/mol. The second-order valence-corrected chi connectivity index (χ2v) is 4.32. The van der Waals surface area contributed by atoms with E-state index in [1.54, 1.807) is 12.1 Å². The molecule has 0 saturated carbocycles. The van der Waals surface area contributed by atoms with Gasteiger partial charge in [0.1, 0.15) is 10.8 Å². The molecule has 0 bridgehead atoms. The van der Waals surface area contributed by atoms with Crippen molar-refractivity contribution < 1.29 is 4.39 Å². The van der Waals surface area contributed by atoms with Crippen LogP contribution in [-0.2, 0) is 0 Å². The fourth-order valence-electron chi connectivity index (χ4n) is 1.29. The fraction of sp³-hybridized carbons (Fsp3) is 0.167. The minimum absolute atomic E-state index is 0.195. The number of hydrogen-bond acceptors (Lipinski definition) is 3. The van der Waals surface area contributed by atoms with E-state index in [4.69, 9.17) is 5.26 Å². The van der Waals surface area contributed by atoms with Crippen LogP contribution in [0.4, 0.5) is 4.39 Å². The summed E-state index contributed by atoms with van der Waals surface area (Å²) in [6.07, 6.45) is 0. The minimum Gasteiger partial charge on any atom is -0.240 e. The molecule has 0 N–H and O–H groups in total. The molecule has 80 valence electrons. The molecule has 0 fully saturated rings. The fourth-order valence-corrected chi connectivity index (χ4v) is 2.12. The standard InChI is InChI=1S/C12H9FN2S/c1-8(6-14)12-15-11(7-16-12)9-2-4-10(13)5-3-9/h2-5,7-8H,1H3. The lowest BCUT2D eigenvalue weighted by Crippen LogP contribution is -1.88. The highest BCUT2D eigenvalue weighted by Gasteiger charge is 2.10. The number of thiazole rings is 1. The molecule has 1 aromatic heterocycles. The molecule has 1 heterocycles. The molecule has 0 radical (unpaired) electrons. The predicted octanol–water partition coefficient (Wildman–Crippen LogP) is 3.58. The summed E-state index contributed by atoms with van der Waals surface area (Å²) < 4.78 is 12.7. The zero-order valence-corrected chi connectivity index (χ0v) is 9.46. The number of rotatable bonds is 2. The van der Waals surface area contributed by atoms with Gasteiger partial charge in [-0.1, -0.05) is 0 Å². The van der Waals surface area contributed by atoms with Crippen LogP contribution < -0.4 is 0 Å². The lowest BCUT2D eigenvalue weighted by atomic mass is 10.2. The second kappa shape index (κ2) is 4.42. The zero-order chi connectivity index (χ0) is 11.5. The van der Waals surface area contributed by atoms with E-state index >= 15 is 0 Å². The van der Waals surface area contributed by atoms with Crippen LogP contribution in [0.25, 0.3) is 11.3 Å². The van der Waals surface area contributed by atoms with Gasteiger partial charge in [-0.25, -0.2) is 9.37 Å². The van der Waals surface area contributed by atoms with E-state index in [2.05, 4.69) is 11.1 Å². The van der Waals surface area contributed by atoms with Gasteiger partial charge in [-0.15, -0.1) is 11.3 Å². The molecule has 1 atom stereocenters. The molecule has 0 amide bonds. The lowest BCUT2D eigenvalue weighted by Gasteiger charge is -1.96. The Kier molecular flexibility index (Phi) is 2.97. The van der Waals surface area contributed by atoms with E-state index in [9.17, 15) is 4.39 Å². The number of nitrogens with zero attached hydrogens (tertiary/aromatic N) is 2. The van der Waals surface area contributed by atoms with E-state index < -0.39 is 0 Å². The Balaban J connectivity index is 2.32. The Hall–Kier alpha value is -1.73. The van der Waals surface area contributed by atoms with Crippen LogP contribution in [0.2, 0.25) is 0 Å². The van der Waals surface area contributed by atoms with Gasteiger partial charge in [-0.2, -0.15) is 5.26 Å². The van der Waals surface area contributed by atoms with Crippen LogP contribution in [0, 0.1) is 17.1 Å². The van der Waals surface area contributed by atoms with Gasteiger partial charge < -0.3 is 0 Å². The van der Waals surface area contributed by atoms with Crippen molar-refractivity contribution in [1.29, 1.82) is 5.26 Å². The maximum absolute atomic E-state index is 12.7. The van der Waals surface area contributed by atoms with E-state index in [0.29, 0.717) is 0 Å². The summed E-state index contributed by atoms with van der Waals surface area (Å²) in [5.41, 5.74) is 1.66. The van der Waals surface area contributed by atoms with Crippen molar-refractivity contribution in [2.45, 2.75) is 12.8 Å². The highest BCUT2D eigenvalue weighted by atomic mass is 32.1. The first-order valence-corrected chi connectivity index (χ1v) is 5.69. The van der Waals surface area contributed by atoms with Crippen molar-refractivity contribution in [3.8, 4) is 17.3 Å². The average molecular weight is 232 g/mol. The maximum atomic E-state index is 12.7. The topological polar surface area (TPSA) is 36.7 Å². The third-order valence-electron chi connectivity index (χ3n) is 2.23. The summed E-state index contributed by atoms with van der Waals surface area (Å²) in [6, 6.07) is 8.32. The van der Waals surface area contributed by atoms with E-state index in [1.165, 1.54) is 23.5 Å². The molecule has 2 aromatic rings. The first kappa shape index (κ1) is 10.8. The van der Waals surface area contributed by atoms with E-state index in [0.717, 1.165) is 16.3 Å². The monoisotopic (exact) mass is 232 g/mol. The van der Waals surface area contributed by atoms with Gasteiger partial charge in [0.05, 0.1) is 17.7 Å². The highest BCUT2D eigenvalue weighted by Crippen LogP contribution is 2.26. The Morgan fingerprint density at radius 2 is 2.06 bits per heavy atom. The van der Waals surface area contributed by atoms with Crippen LogP contribution in [0.5, 0.6) is 0 Å². The Morgan fingerprint density at radius 1 is 1.38 bits per heavy atom. The summed E-state index contributed by atoms with van der Waals surface area (Å²) in [7, 11) is 0. The van der Waals surface area contributed by atoms with E-state index in [-0.39, 0.29) is 11.7 Å². The number of benzene rings is 1. The molecule has 0 spiro atoms. The van der Waals surface area contributed by atoms with Crippen molar-refractivity contribution in [1.82, 2.24) is 4.98 Å². The summed E-state index contributed by atoms with van der Waals surface area (Å²) in [5, 5.41) is 11.5. The van der Waals surface area contributed by atoms with Gasteiger partial charge in [0.25, 0.3) is 0 Å². The normalized spacial score (nSPS) is 12.1. The maximum Gasteiger partial charge on any atom is 0.123 e. The number of halogens is 1. The molecule has 4 heteroatoms. The Bertz CT molecular complexity index is 525. The van der Waals surface area contributed by atoms with E-state index in [1.807, 2.05) is 12.3 Å². The van der Waals surface area contributed by atoms with Gasteiger partial charge in [0.15, 0.2) is 0 Å². The quantitative estimate of drug-likeness (QED) is 0.793. The smallest absolute Gasteiger partial charge is 0.123 e. The number of hydrogen-bond donors (Lipinski definition) is 0. The summed E-state index contributed by atoms with van der Waals surface area (Å²) >= 11 is 1.45. The third kappa shape index (κ3) is 2.10. The van der Waals surface area contributed by atoms with Crippen molar-refractivity contribution >= 4 is 11.3 Å². The molecule has 0 aliphatic rings. The summed E-state index contributed by atoms with van der Waals surface area (Å²) in [6.45, 7) is 1.81. The summed E-state index contributed by atoms with van der Waals surface area (Å²) in [4.78, 5) is 4.35. The molecular weight excluding hydrogens is 223 g/mol. The molecular formula is C12H9FN2S. The summed E-state index contributed by atoms with van der Waals surface area (Å²) in [5.74, 6) is -0.455.